The summed E-state index contributed by atoms with van der Waals surface area (Å²) < 4.78 is 8.46. The average molecular weight is 312 g/mol. The molecule has 2 heterocycles. The Labute approximate surface area is 134 Å². The molecule has 0 aliphatic carbocycles. The molecule has 0 unspecified atom stereocenters. The van der Waals surface area contributed by atoms with Crippen molar-refractivity contribution in [3.05, 3.63) is 64.7 Å². The molecule has 0 saturated carbocycles. The number of aromatic nitrogens is 3. The number of nitrogens with zero attached hydrogens (tertiary/aromatic N) is 4. The number of hydrogen-bond donors (Lipinski definition) is 0. The summed E-state index contributed by atoms with van der Waals surface area (Å²) in [5.74, 6) is 0.871. The largest absolute Gasteiger partial charge is 0.494 e. The highest BCUT2D eigenvalue weighted by molar-refractivity contribution is 5.35. The van der Waals surface area contributed by atoms with Gasteiger partial charge in [0.1, 0.15) is 5.75 Å². The number of pyridine rings is 1. The minimum atomic E-state index is -0.126. The smallest absolute Gasteiger partial charge is 0.351 e. The van der Waals surface area contributed by atoms with Crippen LogP contribution in [0.4, 0.5) is 0 Å². The van der Waals surface area contributed by atoms with Crippen LogP contribution in [-0.4, -0.2) is 32.7 Å². The van der Waals surface area contributed by atoms with E-state index in [1.807, 2.05) is 61.3 Å². The van der Waals surface area contributed by atoms with Crippen LogP contribution in [0.3, 0.4) is 0 Å². The van der Waals surface area contributed by atoms with Crippen LogP contribution in [0, 0.1) is 0 Å². The SMILES string of the molecule is CCOc1ccc(CN(C)Cn2nc3ccccn3c2=O)cc1. The predicted octanol–water partition coefficient (Wildman–Crippen LogP) is 1.98. The Morgan fingerprint density at radius 3 is 2.65 bits per heavy atom. The van der Waals surface area contributed by atoms with Crippen LogP contribution in [0.25, 0.3) is 5.65 Å². The minimum absolute atomic E-state index is 0.126. The molecule has 0 saturated heterocycles. The molecule has 2 aromatic heterocycles. The molecular formula is C17H20N4O2. The number of hydrogen-bond acceptors (Lipinski definition) is 4. The molecule has 3 aromatic rings. The van der Waals surface area contributed by atoms with Crippen molar-refractivity contribution in [3.63, 3.8) is 0 Å². The highest BCUT2D eigenvalue weighted by Gasteiger charge is 2.08. The molecule has 1 aromatic carbocycles. The van der Waals surface area contributed by atoms with E-state index in [1.54, 1.807) is 10.6 Å². The Balaban J connectivity index is 1.69. The summed E-state index contributed by atoms with van der Waals surface area (Å²) in [4.78, 5) is 14.3. The molecule has 0 fully saturated rings. The Hall–Kier alpha value is -2.60. The molecule has 0 N–H and O–H groups in total. The molecule has 3 rings (SSSR count). The summed E-state index contributed by atoms with van der Waals surface area (Å²) in [7, 11) is 1.97. The van der Waals surface area contributed by atoms with Gasteiger partial charge in [-0.1, -0.05) is 18.2 Å². The summed E-state index contributed by atoms with van der Waals surface area (Å²) in [5.41, 5.74) is 1.69. The second-order valence-corrected chi connectivity index (χ2v) is 5.44. The second kappa shape index (κ2) is 6.66. The van der Waals surface area contributed by atoms with Gasteiger partial charge in [-0.25, -0.2) is 4.79 Å². The maximum atomic E-state index is 12.3. The van der Waals surface area contributed by atoms with Crippen LogP contribution in [0.15, 0.2) is 53.5 Å². The van der Waals surface area contributed by atoms with Gasteiger partial charge in [-0.05, 0) is 43.8 Å². The third-order valence-electron chi connectivity index (χ3n) is 3.55. The van der Waals surface area contributed by atoms with Crippen LogP contribution < -0.4 is 10.4 Å². The van der Waals surface area contributed by atoms with E-state index in [-0.39, 0.29) is 5.69 Å². The van der Waals surface area contributed by atoms with Crippen LogP contribution in [-0.2, 0) is 13.2 Å². The van der Waals surface area contributed by atoms with Crippen molar-refractivity contribution in [1.29, 1.82) is 0 Å². The lowest BCUT2D eigenvalue weighted by Crippen LogP contribution is -2.30. The van der Waals surface area contributed by atoms with Crippen molar-refractivity contribution in [2.75, 3.05) is 13.7 Å². The fourth-order valence-electron chi connectivity index (χ4n) is 2.51. The van der Waals surface area contributed by atoms with E-state index in [9.17, 15) is 4.79 Å². The van der Waals surface area contributed by atoms with Crippen molar-refractivity contribution in [3.8, 4) is 5.75 Å². The van der Waals surface area contributed by atoms with Gasteiger partial charge in [0, 0.05) is 12.7 Å². The maximum Gasteiger partial charge on any atom is 0.351 e. The van der Waals surface area contributed by atoms with Crippen molar-refractivity contribution < 1.29 is 4.74 Å². The van der Waals surface area contributed by atoms with Gasteiger partial charge in [0.05, 0.1) is 13.3 Å². The average Bonchev–Trinajstić information content (AvgIpc) is 2.86. The molecule has 0 radical (unpaired) electrons. The van der Waals surface area contributed by atoms with Crippen molar-refractivity contribution in [2.24, 2.45) is 0 Å². The van der Waals surface area contributed by atoms with Gasteiger partial charge in [0.25, 0.3) is 0 Å². The van der Waals surface area contributed by atoms with Crippen molar-refractivity contribution in [1.82, 2.24) is 19.1 Å². The first-order valence-electron chi connectivity index (χ1n) is 7.62. The minimum Gasteiger partial charge on any atom is -0.494 e. The van der Waals surface area contributed by atoms with Gasteiger partial charge < -0.3 is 4.74 Å². The van der Waals surface area contributed by atoms with E-state index >= 15 is 0 Å². The molecule has 6 nitrogen and oxygen atoms in total. The standard InChI is InChI=1S/C17H20N4O2/c1-3-23-15-9-7-14(8-10-15)12-19(2)13-21-17(22)20-11-5-4-6-16(20)18-21/h4-11H,3,12-13H2,1-2H3. The van der Waals surface area contributed by atoms with Gasteiger partial charge in [-0.3, -0.25) is 9.30 Å². The third-order valence-corrected chi connectivity index (χ3v) is 3.55. The first kappa shape index (κ1) is 15.3. The van der Waals surface area contributed by atoms with E-state index in [0.717, 1.165) is 17.9 Å². The van der Waals surface area contributed by atoms with E-state index in [1.165, 1.54) is 4.68 Å². The Morgan fingerprint density at radius 2 is 1.96 bits per heavy atom. The fraction of sp³-hybridized carbons (Fsp3) is 0.294. The molecule has 0 atom stereocenters. The van der Waals surface area contributed by atoms with Gasteiger partial charge >= 0.3 is 5.69 Å². The monoisotopic (exact) mass is 312 g/mol. The lowest BCUT2D eigenvalue weighted by molar-refractivity contribution is 0.242. The van der Waals surface area contributed by atoms with Crippen molar-refractivity contribution >= 4 is 5.65 Å². The van der Waals surface area contributed by atoms with Gasteiger partial charge in [-0.15, -0.1) is 5.10 Å². The van der Waals surface area contributed by atoms with Gasteiger partial charge in [0.15, 0.2) is 5.65 Å². The fourth-order valence-corrected chi connectivity index (χ4v) is 2.51. The van der Waals surface area contributed by atoms with E-state index < -0.39 is 0 Å². The molecule has 0 amide bonds. The first-order valence-corrected chi connectivity index (χ1v) is 7.62. The molecule has 23 heavy (non-hydrogen) atoms. The number of rotatable bonds is 6. The number of fused-ring (bicyclic) bond motifs is 1. The van der Waals surface area contributed by atoms with E-state index in [2.05, 4.69) is 5.10 Å². The second-order valence-electron chi connectivity index (χ2n) is 5.44. The molecular weight excluding hydrogens is 292 g/mol. The molecule has 6 heteroatoms. The van der Waals surface area contributed by atoms with Crippen LogP contribution >= 0.6 is 0 Å². The number of benzene rings is 1. The molecule has 0 aliphatic heterocycles. The first-order chi connectivity index (χ1) is 11.2. The molecule has 0 aliphatic rings. The predicted molar refractivity (Wildman–Crippen MR) is 88.5 cm³/mol. The van der Waals surface area contributed by atoms with Gasteiger partial charge in [0.2, 0.25) is 0 Å². The Bertz CT molecular complexity index is 836. The number of ether oxygens (including phenoxy) is 1. The van der Waals surface area contributed by atoms with Crippen LogP contribution in [0.5, 0.6) is 5.75 Å². The Morgan fingerprint density at radius 1 is 1.17 bits per heavy atom. The summed E-state index contributed by atoms with van der Waals surface area (Å²) in [6, 6.07) is 13.5. The van der Waals surface area contributed by atoms with E-state index in [0.29, 0.717) is 18.9 Å². The topological polar surface area (TPSA) is 51.8 Å². The lowest BCUT2D eigenvalue weighted by Gasteiger charge is -2.16. The summed E-state index contributed by atoms with van der Waals surface area (Å²) in [6.07, 6.45) is 1.73. The highest BCUT2D eigenvalue weighted by atomic mass is 16.5. The molecule has 0 bridgehead atoms. The van der Waals surface area contributed by atoms with Crippen LogP contribution in [0.1, 0.15) is 12.5 Å². The summed E-state index contributed by atoms with van der Waals surface area (Å²) in [5, 5.41) is 4.34. The quantitative estimate of drug-likeness (QED) is 0.698. The van der Waals surface area contributed by atoms with Gasteiger partial charge in [-0.2, -0.15) is 4.68 Å². The van der Waals surface area contributed by atoms with Crippen LogP contribution in [0.2, 0.25) is 0 Å². The maximum absolute atomic E-state index is 12.3. The highest BCUT2D eigenvalue weighted by Crippen LogP contribution is 2.13. The zero-order valence-corrected chi connectivity index (χ0v) is 13.3. The Kier molecular flexibility index (Phi) is 4.43. The normalized spacial score (nSPS) is 11.3. The summed E-state index contributed by atoms with van der Waals surface area (Å²) >= 11 is 0. The third kappa shape index (κ3) is 3.43. The zero-order valence-electron chi connectivity index (χ0n) is 13.3. The van der Waals surface area contributed by atoms with E-state index in [4.69, 9.17) is 4.74 Å². The summed E-state index contributed by atoms with van der Waals surface area (Å²) in [6.45, 7) is 3.80. The molecule has 0 spiro atoms. The molecule has 120 valence electrons. The zero-order chi connectivity index (χ0) is 16.2. The lowest BCUT2D eigenvalue weighted by atomic mass is 10.2. The van der Waals surface area contributed by atoms with Crippen molar-refractivity contribution in [2.45, 2.75) is 20.1 Å².